The molecule has 2 saturated heterocycles. The monoisotopic (exact) mass is 969 g/mol. The first-order valence-corrected chi connectivity index (χ1v) is 27.4. The van der Waals surface area contributed by atoms with Crippen molar-refractivity contribution in [3.63, 3.8) is 0 Å². The Hall–Kier alpha value is -3.61. The highest BCUT2D eigenvalue weighted by atomic mass is 32.2. The lowest BCUT2D eigenvalue weighted by Gasteiger charge is -2.72. The minimum atomic E-state index is -6.06. The number of aliphatic hydroxyl groups is 1. The highest BCUT2D eigenvalue weighted by molar-refractivity contribution is 7.99. The SMILES string of the molecule is CC12CC(C3=C(CN4CCN(c5ccc(C(=O)NS(=O)(=O)c6ccc(N[C@H](CCN7CCC(O)CC7)CSc7ccccc7)c(S(=O)(=O)C(F)(F)F)c6)cc5)CC4)CCC4(CCC4)C3)(C1)C2. The van der Waals surface area contributed by atoms with E-state index < -0.39 is 52.8 Å². The Bertz CT molecular complexity index is 2500. The fourth-order valence-electron chi connectivity index (χ4n) is 11.9. The minimum absolute atomic E-state index is 0.0211. The van der Waals surface area contributed by atoms with Gasteiger partial charge in [0.2, 0.25) is 0 Å². The highest BCUT2D eigenvalue weighted by Gasteiger charge is 2.67. The molecule has 3 aromatic carbocycles. The van der Waals surface area contributed by atoms with Crippen LogP contribution < -0.4 is 14.9 Å². The van der Waals surface area contributed by atoms with E-state index in [0.29, 0.717) is 67.0 Å². The summed E-state index contributed by atoms with van der Waals surface area (Å²) in [6, 6.07) is 17.8. The number of thioether (sulfide) groups is 1. The third-order valence-electron chi connectivity index (χ3n) is 15.6. The predicted molar refractivity (Wildman–Crippen MR) is 252 cm³/mol. The van der Waals surface area contributed by atoms with Gasteiger partial charge in [0.05, 0.1) is 16.7 Å². The molecule has 0 aromatic heterocycles. The molecule has 2 bridgehead atoms. The number of alkyl halides is 3. The second kappa shape index (κ2) is 18.4. The van der Waals surface area contributed by atoms with Gasteiger partial charge in [-0.25, -0.2) is 21.6 Å². The van der Waals surface area contributed by atoms with Gasteiger partial charge in [0.25, 0.3) is 25.8 Å². The van der Waals surface area contributed by atoms with Gasteiger partial charge in [0.1, 0.15) is 4.90 Å². The topological polar surface area (TPSA) is 139 Å². The van der Waals surface area contributed by atoms with Crippen molar-refractivity contribution in [3.8, 4) is 0 Å². The van der Waals surface area contributed by atoms with Crippen LogP contribution in [0.5, 0.6) is 0 Å². The number of carbonyl (C=O) groups excluding carboxylic acids is 1. The number of aliphatic hydroxyl groups excluding tert-OH is 1. The van der Waals surface area contributed by atoms with Crippen molar-refractivity contribution in [2.45, 2.75) is 116 Å². The van der Waals surface area contributed by atoms with Gasteiger partial charge >= 0.3 is 5.51 Å². The van der Waals surface area contributed by atoms with Gasteiger partial charge in [-0.05, 0) is 141 Å². The zero-order valence-electron chi connectivity index (χ0n) is 37.6. The van der Waals surface area contributed by atoms with E-state index >= 15 is 0 Å². The number of amides is 1. The zero-order valence-corrected chi connectivity index (χ0v) is 40.1. The maximum absolute atomic E-state index is 14.2. The first-order chi connectivity index (χ1) is 31.3. The summed E-state index contributed by atoms with van der Waals surface area (Å²) in [5, 5.41) is 12.9. The van der Waals surface area contributed by atoms with Crippen LogP contribution in [0, 0.1) is 16.2 Å². The summed E-state index contributed by atoms with van der Waals surface area (Å²) in [4.78, 5) is 19.2. The van der Waals surface area contributed by atoms with Crippen LogP contribution in [-0.4, -0.2) is 113 Å². The molecular formula is C49H62F3N5O6S3. The number of sulfone groups is 1. The Morgan fingerprint density at radius 2 is 1.56 bits per heavy atom. The lowest BCUT2D eigenvalue weighted by atomic mass is 9.32. The van der Waals surface area contributed by atoms with E-state index in [-0.39, 0.29) is 11.7 Å². The van der Waals surface area contributed by atoms with Gasteiger partial charge in [0.15, 0.2) is 0 Å². The van der Waals surface area contributed by atoms with Gasteiger partial charge in [-0.2, -0.15) is 13.2 Å². The van der Waals surface area contributed by atoms with Crippen molar-refractivity contribution < 1.29 is 39.9 Å². The molecule has 17 heteroatoms. The fourth-order valence-corrected chi connectivity index (χ4v) is 14.9. The molecule has 1 spiro atoms. The second-order valence-electron chi connectivity index (χ2n) is 20.4. The number of piperidine rings is 1. The number of hydrogen-bond donors (Lipinski definition) is 3. The van der Waals surface area contributed by atoms with E-state index in [1.165, 1.54) is 81.7 Å². The van der Waals surface area contributed by atoms with E-state index in [4.69, 9.17) is 0 Å². The van der Waals surface area contributed by atoms with Gasteiger partial charge in [0, 0.05) is 80.3 Å². The molecule has 5 aliphatic carbocycles. The average molecular weight is 970 g/mol. The largest absolute Gasteiger partial charge is 0.501 e. The van der Waals surface area contributed by atoms with Crippen molar-refractivity contribution in [2.24, 2.45) is 16.2 Å². The van der Waals surface area contributed by atoms with Crippen LogP contribution in [0.3, 0.4) is 0 Å². The smallest absolute Gasteiger partial charge is 0.393 e. The molecule has 2 heterocycles. The van der Waals surface area contributed by atoms with Crippen LogP contribution in [0.2, 0.25) is 0 Å². The number of sulfonamides is 1. The maximum Gasteiger partial charge on any atom is 0.501 e. The van der Waals surface area contributed by atoms with Crippen molar-refractivity contribution in [3.05, 3.63) is 89.5 Å². The number of nitrogens with one attached hydrogen (secondary N) is 2. The molecule has 66 heavy (non-hydrogen) atoms. The van der Waals surface area contributed by atoms with E-state index in [2.05, 4.69) is 26.9 Å². The third kappa shape index (κ3) is 9.94. The number of carbonyl (C=O) groups is 1. The number of anilines is 2. The molecule has 1 amide bonds. The Labute approximate surface area is 391 Å². The molecule has 3 N–H and O–H groups in total. The van der Waals surface area contributed by atoms with Crippen LogP contribution in [0.4, 0.5) is 24.5 Å². The molecule has 3 aromatic rings. The lowest BCUT2D eigenvalue weighted by molar-refractivity contribution is -0.169. The quantitative estimate of drug-likeness (QED) is 0.0942. The molecule has 0 unspecified atom stereocenters. The number of rotatable bonds is 16. The van der Waals surface area contributed by atoms with Crippen molar-refractivity contribution in [1.82, 2.24) is 14.5 Å². The van der Waals surface area contributed by atoms with Crippen molar-refractivity contribution in [1.29, 1.82) is 0 Å². The number of benzene rings is 3. The molecular weight excluding hydrogens is 908 g/mol. The van der Waals surface area contributed by atoms with Crippen LogP contribution in [0.25, 0.3) is 0 Å². The molecule has 1 atom stereocenters. The van der Waals surface area contributed by atoms with E-state index in [0.717, 1.165) is 55.4 Å². The van der Waals surface area contributed by atoms with Crippen LogP contribution in [0.1, 0.15) is 94.3 Å². The number of hydrogen-bond acceptors (Lipinski definition) is 11. The van der Waals surface area contributed by atoms with Gasteiger partial charge < -0.3 is 20.2 Å². The summed E-state index contributed by atoms with van der Waals surface area (Å²) in [6.07, 6.45) is 13.4. The van der Waals surface area contributed by atoms with Gasteiger partial charge in [-0.15, -0.1) is 11.8 Å². The summed E-state index contributed by atoms with van der Waals surface area (Å²) in [5.74, 6) is -0.647. The molecule has 4 saturated carbocycles. The van der Waals surface area contributed by atoms with Crippen LogP contribution >= 0.6 is 11.8 Å². The van der Waals surface area contributed by atoms with Gasteiger partial charge in [-0.3, -0.25) is 9.69 Å². The Morgan fingerprint density at radius 3 is 2.18 bits per heavy atom. The fraction of sp³-hybridized carbons (Fsp3) is 0.571. The lowest BCUT2D eigenvalue weighted by Crippen LogP contribution is -2.62. The highest BCUT2D eigenvalue weighted by Crippen LogP contribution is 2.78. The number of allylic oxidation sites excluding steroid dienone is 1. The summed E-state index contributed by atoms with van der Waals surface area (Å²) >= 11 is 1.44. The Balaban J connectivity index is 0.848. The van der Waals surface area contributed by atoms with E-state index in [1.54, 1.807) is 17.7 Å². The first-order valence-electron chi connectivity index (χ1n) is 23.5. The zero-order chi connectivity index (χ0) is 46.5. The predicted octanol–water partition coefficient (Wildman–Crippen LogP) is 8.48. The number of likely N-dealkylation sites (tertiary alicyclic amines) is 1. The average Bonchev–Trinajstić information content (AvgIpc) is 3.26. The molecule has 358 valence electrons. The maximum atomic E-state index is 14.2. The molecule has 10 rings (SSSR count). The number of halogens is 3. The molecule has 11 nitrogen and oxygen atoms in total. The third-order valence-corrected chi connectivity index (χ3v) is 19.6. The molecule has 7 aliphatic rings. The molecule has 2 aliphatic heterocycles. The first kappa shape index (κ1) is 47.5. The van der Waals surface area contributed by atoms with Crippen molar-refractivity contribution in [2.75, 3.05) is 68.3 Å². The summed E-state index contributed by atoms with van der Waals surface area (Å²) < 4.78 is 98.0. The summed E-state index contributed by atoms with van der Waals surface area (Å²) in [7, 11) is -10.9. The van der Waals surface area contributed by atoms with Crippen LogP contribution in [0.15, 0.2) is 98.6 Å². The summed E-state index contributed by atoms with van der Waals surface area (Å²) in [6.45, 7) is 8.74. The number of nitrogens with zero attached hydrogens (tertiary/aromatic N) is 3. The second-order valence-corrected chi connectivity index (χ2v) is 25.1. The molecule has 0 radical (unpaired) electrons. The standard InChI is InChI=1S/C49H62F3N5O6S3/c1-46-32-48(33-46,34-46)42-29-47(18-5-19-47)20-14-36(42)30-56-24-26-57(27-25-56)38-10-8-35(9-11-38)45(59)54-66(62,63)41-12-13-43(44(28-41)65(60,61)49(50,51)52)53-37(31-64-40-6-3-2-4-7-40)15-21-55-22-16-39(58)17-23-55/h2-4,6-13,28,37,39,53,58H,5,14-27,29-34H2,1H3,(H,54,59)/t37-,46?,48?/m1/s1. The molecule has 6 fully saturated rings. The van der Waals surface area contributed by atoms with Crippen LogP contribution in [-0.2, 0) is 19.9 Å². The Morgan fingerprint density at radius 1 is 0.879 bits per heavy atom. The van der Waals surface area contributed by atoms with Gasteiger partial charge in [-0.1, -0.05) is 42.7 Å². The number of piperazine rings is 1. The minimum Gasteiger partial charge on any atom is -0.393 e. The van der Waals surface area contributed by atoms with E-state index in [9.17, 15) is 39.9 Å². The Kier molecular flexibility index (Phi) is 13.2. The van der Waals surface area contributed by atoms with E-state index in [1.807, 2.05) is 40.6 Å². The normalized spacial score (nSPS) is 25.4. The summed E-state index contributed by atoms with van der Waals surface area (Å²) in [5.41, 5.74) is -0.0941. The van der Waals surface area contributed by atoms with Crippen molar-refractivity contribution >= 4 is 48.9 Å².